The van der Waals surface area contributed by atoms with E-state index in [9.17, 15) is 9.59 Å². The van der Waals surface area contributed by atoms with E-state index in [0.29, 0.717) is 6.42 Å². The molecule has 1 aromatic rings. The van der Waals surface area contributed by atoms with Crippen LogP contribution in [0.4, 0.5) is 0 Å². The Morgan fingerprint density at radius 1 is 1.53 bits per heavy atom. The summed E-state index contributed by atoms with van der Waals surface area (Å²) < 4.78 is 0. The number of rotatable bonds is 5. The standard InChI is InChI=1S/C15H17NO2S/c1-3-5-13-12(6-4-9-16(13)10-17)15-8-7-14(19-15)11(2)18/h3,7-8,10H,1,4-6,9H2,2H3. The molecular weight excluding hydrogens is 258 g/mol. The summed E-state index contributed by atoms with van der Waals surface area (Å²) in [6.45, 7) is 6.10. The van der Waals surface area contributed by atoms with Crippen LogP contribution in [-0.4, -0.2) is 23.6 Å². The molecule has 0 unspecified atom stereocenters. The minimum absolute atomic E-state index is 0.0881. The smallest absolute Gasteiger partial charge is 0.213 e. The van der Waals surface area contributed by atoms with E-state index in [-0.39, 0.29) is 5.78 Å². The highest BCUT2D eigenvalue weighted by Gasteiger charge is 2.21. The minimum atomic E-state index is 0.0881. The molecule has 2 heterocycles. The Morgan fingerprint density at radius 2 is 2.32 bits per heavy atom. The Labute approximate surface area is 117 Å². The molecule has 0 N–H and O–H groups in total. The number of hydrogen-bond donors (Lipinski definition) is 0. The fourth-order valence-electron chi connectivity index (χ4n) is 2.33. The van der Waals surface area contributed by atoms with E-state index in [2.05, 4.69) is 6.58 Å². The average Bonchev–Trinajstić information content (AvgIpc) is 2.89. The van der Waals surface area contributed by atoms with Gasteiger partial charge >= 0.3 is 0 Å². The summed E-state index contributed by atoms with van der Waals surface area (Å²) in [4.78, 5) is 26.1. The molecule has 0 bridgehead atoms. The second kappa shape index (κ2) is 5.97. The van der Waals surface area contributed by atoms with Crippen molar-refractivity contribution >= 4 is 29.1 Å². The van der Waals surface area contributed by atoms with Crippen molar-refractivity contribution in [1.29, 1.82) is 0 Å². The lowest BCUT2D eigenvalue weighted by Crippen LogP contribution is -2.26. The number of thiophene rings is 1. The summed E-state index contributed by atoms with van der Waals surface area (Å²) >= 11 is 1.51. The highest BCUT2D eigenvalue weighted by molar-refractivity contribution is 7.15. The van der Waals surface area contributed by atoms with Gasteiger partial charge in [-0.15, -0.1) is 17.9 Å². The van der Waals surface area contributed by atoms with Crippen LogP contribution >= 0.6 is 11.3 Å². The van der Waals surface area contributed by atoms with Crippen LogP contribution in [0.1, 0.15) is 40.7 Å². The van der Waals surface area contributed by atoms with Crippen molar-refractivity contribution in [3.05, 3.63) is 40.2 Å². The van der Waals surface area contributed by atoms with Gasteiger partial charge in [0.15, 0.2) is 5.78 Å². The summed E-state index contributed by atoms with van der Waals surface area (Å²) in [6, 6.07) is 3.84. The van der Waals surface area contributed by atoms with Gasteiger partial charge in [-0.3, -0.25) is 9.59 Å². The van der Waals surface area contributed by atoms with Gasteiger partial charge in [-0.2, -0.15) is 0 Å². The third kappa shape index (κ3) is 2.84. The lowest BCUT2D eigenvalue weighted by molar-refractivity contribution is -0.116. The molecule has 2 rings (SSSR count). The Kier molecular flexibility index (Phi) is 4.32. The number of ketones is 1. The minimum Gasteiger partial charge on any atom is -0.318 e. The number of amides is 1. The number of allylic oxidation sites excluding steroid dienone is 2. The van der Waals surface area contributed by atoms with Gasteiger partial charge in [0.2, 0.25) is 6.41 Å². The van der Waals surface area contributed by atoms with Crippen LogP contribution in [-0.2, 0) is 4.79 Å². The largest absolute Gasteiger partial charge is 0.318 e. The predicted molar refractivity (Wildman–Crippen MR) is 78.1 cm³/mol. The molecule has 1 aliphatic rings. The molecule has 1 amide bonds. The summed E-state index contributed by atoms with van der Waals surface area (Å²) in [5.41, 5.74) is 2.20. The van der Waals surface area contributed by atoms with Crippen LogP contribution in [0.5, 0.6) is 0 Å². The molecular formula is C15H17NO2S. The van der Waals surface area contributed by atoms with Crippen molar-refractivity contribution in [3.8, 4) is 0 Å². The Morgan fingerprint density at radius 3 is 2.89 bits per heavy atom. The molecule has 3 nitrogen and oxygen atoms in total. The predicted octanol–water partition coefficient (Wildman–Crippen LogP) is 3.49. The first kappa shape index (κ1) is 13.7. The molecule has 100 valence electrons. The van der Waals surface area contributed by atoms with E-state index in [4.69, 9.17) is 0 Å². The Hall–Kier alpha value is -1.68. The third-order valence-electron chi connectivity index (χ3n) is 3.24. The van der Waals surface area contributed by atoms with Gasteiger partial charge in [-0.25, -0.2) is 0 Å². The zero-order valence-electron chi connectivity index (χ0n) is 11.0. The van der Waals surface area contributed by atoms with E-state index >= 15 is 0 Å². The summed E-state index contributed by atoms with van der Waals surface area (Å²) in [5.74, 6) is 0.0881. The maximum absolute atomic E-state index is 11.4. The topological polar surface area (TPSA) is 37.4 Å². The second-order valence-corrected chi connectivity index (χ2v) is 5.62. The molecule has 1 aliphatic heterocycles. The van der Waals surface area contributed by atoms with Crippen LogP contribution in [0.15, 0.2) is 30.5 Å². The average molecular weight is 275 g/mol. The fraction of sp³-hybridized carbons (Fsp3) is 0.333. The zero-order valence-corrected chi connectivity index (χ0v) is 11.8. The Bertz CT molecular complexity index is 542. The van der Waals surface area contributed by atoms with Crippen molar-refractivity contribution in [2.45, 2.75) is 26.2 Å². The molecule has 0 spiro atoms. The zero-order chi connectivity index (χ0) is 13.8. The van der Waals surface area contributed by atoms with E-state index in [0.717, 1.165) is 41.2 Å². The number of nitrogens with zero attached hydrogens (tertiary/aromatic N) is 1. The first-order chi connectivity index (χ1) is 9.17. The van der Waals surface area contributed by atoms with Crippen LogP contribution in [0, 0.1) is 0 Å². The van der Waals surface area contributed by atoms with Gasteiger partial charge in [-0.05, 0) is 37.5 Å². The third-order valence-corrected chi connectivity index (χ3v) is 4.48. The normalized spacial score (nSPS) is 15.5. The van der Waals surface area contributed by atoms with Gasteiger partial charge in [0, 0.05) is 23.5 Å². The molecule has 0 saturated carbocycles. The summed E-state index contributed by atoms with van der Waals surface area (Å²) in [7, 11) is 0. The van der Waals surface area contributed by atoms with Gasteiger partial charge in [0.25, 0.3) is 0 Å². The molecule has 4 heteroatoms. The first-order valence-corrected chi connectivity index (χ1v) is 7.15. The van der Waals surface area contributed by atoms with Crippen molar-refractivity contribution in [3.63, 3.8) is 0 Å². The highest BCUT2D eigenvalue weighted by atomic mass is 32.1. The van der Waals surface area contributed by atoms with Gasteiger partial charge in [0.05, 0.1) is 4.88 Å². The van der Waals surface area contributed by atoms with E-state index in [1.54, 1.807) is 11.8 Å². The van der Waals surface area contributed by atoms with E-state index in [1.165, 1.54) is 16.9 Å². The van der Waals surface area contributed by atoms with Crippen molar-refractivity contribution in [2.24, 2.45) is 0 Å². The van der Waals surface area contributed by atoms with Crippen LogP contribution in [0.25, 0.3) is 5.57 Å². The van der Waals surface area contributed by atoms with Crippen LogP contribution in [0.3, 0.4) is 0 Å². The van der Waals surface area contributed by atoms with Gasteiger partial charge < -0.3 is 4.90 Å². The van der Waals surface area contributed by atoms with Crippen LogP contribution in [0.2, 0.25) is 0 Å². The van der Waals surface area contributed by atoms with Gasteiger partial charge in [0.1, 0.15) is 0 Å². The molecule has 0 atom stereocenters. The lowest BCUT2D eigenvalue weighted by Gasteiger charge is -2.28. The maximum Gasteiger partial charge on any atom is 0.213 e. The SMILES string of the molecule is C=CCC1=C(c2ccc(C(C)=O)s2)CCCN1C=O. The monoisotopic (exact) mass is 275 g/mol. The molecule has 0 aliphatic carbocycles. The number of carbonyl (C=O) groups is 2. The molecule has 0 saturated heterocycles. The second-order valence-electron chi connectivity index (χ2n) is 4.54. The Balaban J connectivity index is 2.44. The molecule has 0 aromatic carbocycles. The molecule has 0 radical (unpaired) electrons. The number of Topliss-reactive ketones (excluding diaryl/α,β-unsaturated/α-hetero) is 1. The maximum atomic E-state index is 11.4. The van der Waals surface area contributed by atoms with Gasteiger partial charge in [-0.1, -0.05) is 6.08 Å². The van der Waals surface area contributed by atoms with E-state index in [1.807, 2.05) is 18.2 Å². The fourth-order valence-corrected chi connectivity index (χ4v) is 3.32. The highest BCUT2D eigenvalue weighted by Crippen LogP contribution is 2.35. The van der Waals surface area contributed by atoms with Crippen molar-refractivity contribution in [2.75, 3.05) is 6.54 Å². The number of hydrogen-bond acceptors (Lipinski definition) is 3. The number of carbonyl (C=O) groups excluding carboxylic acids is 2. The summed E-state index contributed by atoms with van der Waals surface area (Å²) in [5, 5.41) is 0. The van der Waals surface area contributed by atoms with E-state index < -0.39 is 0 Å². The lowest BCUT2D eigenvalue weighted by atomic mass is 9.99. The molecule has 0 fully saturated rings. The molecule has 19 heavy (non-hydrogen) atoms. The summed E-state index contributed by atoms with van der Waals surface area (Å²) in [6.07, 6.45) is 5.29. The van der Waals surface area contributed by atoms with Crippen molar-refractivity contribution in [1.82, 2.24) is 4.90 Å². The van der Waals surface area contributed by atoms with Crippen LogP contribution < -0.4 is 0 Å². The first-order valence-electron chi connectivity index (χ1n) is 6.33. The quantitative estimate of drug-likeness (QED) is 0.468. The van der Waals surface area contributed by atoms with Crippen molar-refractivity contribution < 1.29 is 9.59 Å². The molecule has 1 aromatic heterocycles.